The summed E-state index contributed by atoms with van der Waals surface area (Å²) in [4.78, 5) is 49.8. The van der Waals surface area contributed by atoms with Gasteiger partial charge in [-0.05, 0) is 0 Å². The van der Waals surface area contributed by atoms with Gasteiger partial charge in [0.2, 0.25) is 0 Å². The third-order valence-corrected chi connectivity index (χ3v) is 3.28. The third-order valence-electron chi connectivity index (χ3n) is 3.28. The van der Waals surface area contributed by atoms with E-state index in [1.165, 1.54) is 0 Å². The van der Waals surface area contributed by atoms with Crippen LogP contribution in [0.1, 0.15) is 0 Å². The number of benzene rings is 2. The molecule has 0 bridgehead atoms. The number of rotatable bonds is 7. The summed E-state index contributed by atoms with van der Waals surface area (Å²) in [6.45, 7) is 0. The Kier molecular flexibility index (Phi) is 5.05. The Morgan fingerprint density at radius 1 is 0.536 bits per heavy atom. The molecule has 0 unspecified atom stereocenters. The van der Waals surface area contributed by atoms with E-state index in [0.717, 1.165) is 12.1 Å². The molecule has 0 amide bonds. The van der Waals surface area contributed by atoms with Gasteiger partial charge < -0.3 is 5.32 Å². The summed E-state index contributed by atoms with van der Waals surface area (Å²) >= 11 is 0. The van der Waals surface area contributed by atoms with Crippen LogP contribution in [0.3, 0.4) is 0 Å². The van der Waals surface area contributed by atoms with Crippen molar-refractivity contribution in [3.8, 4) is 0 Å². The van der Waals surface area contributed by atoms with Gasteiger partial charge in [0.15, 0.2) is 5.69 Å². The predicted octanol–water partition coefficient (Wildman–Crippen LogP) is 2.97. The zero-order valence-electron chi connectivity index (χ0n) is 13.2. The zero-order chi connectivity index (χ0) is 21.2. The van der Waals surface area contributed by atoms with E-state index in [1.54, 1.807) is 0 Å². The summed E-state index contributed by atoms with van der Waals surface area (Å²) in [5, 5.41) is 57.3. The Balaban J connectivity index is 2.73. The van der Waals surface area contributed by atoms with Crippen LogP contribution in [0, 0.1) is 50.6 Å². The van der Waals surface area contributed by atoms with Gasteiger partial charge in [0.25, 0.3) is 17.1 Å². The minimum absolute atomic E-state index is 0.444. The smallest absolute Gasteiger partial charge is 0.306 e. The minimum Gasteiger partial charge on any atom is -0.344 e. The lowest BCUT2D eigenvalue weighted by Crippen LogP contribution is -2.04. The lowest BCUT2D eigenvalue weighted by Gasteiger charge is -2.08. The summed E-state index contributed by atoms with van der Waals surface area (Å²) in [6, 6.07) is 3.01. The summed E-state index contributed by atoms with van der Waals surface area (Å²) in [5.41, 5.74) is -5.89. The van der Waals surface area contributed by atoms with Crippen molar-refractivity contribution in [3.05, 3.63) is 80.9 Å². The fraction of sp³-hybridized carbons (Fsp3) is 0. The van der Waals surface area contributed by atoms with Crippen LogP contribution in [0.4, 0.5) is 39.8 Å². The minimum atomic E-state index is -1.14. The maximum absolute atomic E-state index is 11.2. The number of nitro benzene ring substituents is 5. The largest absolute Gasteiger partial charge is 0.344 e. The molecule has 0 aliphatic carbocycles. The highest BCUT2D eigenvalue weighted by atomic mass is 16.6. The number of nitro groups is 5. The highest BCUT2D eigenvalue weighted by Gasteiger charge is 2.31. The molecule has 1 N–H and O–H groups in total. The first kappa shape index (κ1) is 19.6. The molecule has 0 saturated carbocycles. The fourth-order valence-electron chi connectivity index (χ4n) is 2.14. The standard InChI is InChI=1S/C12H6N6O10/c19-14(20)7-1-6(2-8(3-7)15(21)22)13-12-10(17(25)26)4-9(16(23)24)5-11(12)18(27)28/h1-5,13H. The van der Waals surface area contributed by atoms with Gasteiger partial charge in [-0.3, -0.25) is 50.6 Å². The Bertz CT molecular complexity index is 984. The summed E-state index contributed by atoms with van der Waals surface area (Å²) in [7, 11) is 0. The summed E-state index contributed by atoms with van der Waals surface area (Å²) < 4.78 is 0. The molecule has 2 aromatic carbocycles. The molecule has 28 heavy (non-hydrogen) atoms. The molecule has 0 aliphatic heterocycles. The van der Waals surface area contributed by atoms with Gasteiger partial charge >= 0.3 is 11.4 Å². The Morgan fingerprint density at radius 2 is 0.893 bits per heavy atom. The van der Waals surface area contributed by atoms with Gasteiger partial charge in [-0.25, -0.2) is 0 Å². The zero-order valence-corrected chi connectivity index (χ0v) is 13.2. The van der Waals surface area contributed by atoms with Crippen molar-refractivity contribution in [2.45, 2.75) is 0 Å². The molecule has 0 spiro atoms. The lowest BCUT2D eigenvalue weighted by molar-refractivity contribution is -0.401. The maximum atomic E-state index is 11.2. The van der Waals surface area contributed by atoms with Crippen LogP contribution < -0.4 is 5.32 Å². The Morgan fingerprint density at radius 3 is 1.21 bits per heavy atom. The number of hydrogen-bond donors (Lipinski definition) is 1. The van der Waals surface area contributed by atoms with Crippen LogP contribution in [0.2, 0.25) is 0 Å². The first-order chi connectivity index (χ1) is 13.0. The van der Waals surface area contributed by atoms with Crippen molar-refractivity contribution in [1.29, 1.82) is 0 Å². The molecular formula is C12H6N6O10. The van der Waals surface area contributed by atoms with Gasteiger partial charge in [0, 0.05) is 12.1 Å². The average Bonchev–Trinajstić information content (AvgIpc) is 2.60. The van der Waals surface area contributed by atoms with Gasteiger partial charge in [-0.2, -0.15) is 0 Å². The van der Waals surface area contributed by atoms with E-state index in [-0.39, 0.29) is 0 Å². The molecule has 16 nitrogen and oxygen atoms in total. The van der Waals surface area contributed by atoms with Gasteiger partial charge in [-0.15, -0.1) is 0 Å². The number of hydrogen-bond acceptors (Lipinski definition) is 11. The van der Waals surface area contributed by atoms with Crippen molar-refractivity contribution in [2.24, 2.45) is 0 Å². The van der Waals surface area contributed by atoms with Crippen molar-refractivity contribution >= 4 is 39.8 Å². The van der Waals surface area contributed by atoms with Crippen molar-refractivity contribution in [1.82, 2.24) is 0 Å². The number of nitrogens with one attached hydrogen (secondary N) is 1. The first-order valence-electron chi connectivity index (χ1n) is 6.83. The molecule has 0 heterocycles. The average molecular weight is 394 g/mol. The molecule has 16 heteroatoms. The number of anilines is 2. The second-order valence-electron chi connectivity index (χ2n) is 5.01. The topological polar surface area (TPSA) is 228 Å². The molecule has 2 aromatic rings. The summed E-state index contributed by atoms with van der Waals surface area (Å²) in [5.74, 6) is 0. The van der Waals surface area contributed by atoms with E-state index in [9.17, 15) is 50.6 Å². The molecule has 0 fully saturated rings. The molecule has 0 aliphatic rings. The highest BCUT2D eigenvalue weighted by molar-refractivity contribution is 5.82. The monoisotopic (exact) mass is 394 g/mol. The third kappa shape index (κ3) is 3.90. The lowest BCUT2D eigenvalue weighted by atomic mass is 10.1. The van der Waals surface area contributed by atoms with Crippen LogP contribution in [-0.2, 0) is 0 Å². The van der Waals surface area contributed by atoms with Gasteiger partial charge in [0.05, 0.1) is 48.5 Å². The Hall–Kier alpha value is -4.76. The highest BCUT2D eigenvalue weighted by Crippen LogP contribution is 2.41. The van der Waals surface area contributed by atoms with E-state index in [4.69, 9.17) is 0 Å². The summed E-state index contributed by atoms with van der Waals surface area (Å²) in [6.07, 6.45) is 0. The fourth-order valence-corrected chi connectivity index (χ4v) is 2.14. The van der Waals surface area contributed by atoms with E-state index in [0.29, 0.717) is 18.2 Å². The molecule has 0 saturated heterocycles. The van der Waals surface area contributed by atoms with Crippen molar-refractivity contribution < 1.29 is 24.6 Å². The van der Waals surface area contributed by atoms with Crippen LogP contribution in [0.25, 0.3) is 0 Å². The van der Waals surface area contributed by atoms with Crippen molar-refractivity contribution in [3.63, 3.8) is 0 Å². The quantitative estimate of drug-likeness (QED) is 0.529. The van der Waals surface area contributed by atoms with Crippen LogP contribution >= 0.6 is 0 Å². The normalized spacial score (nSPS) is 10.1. The molecular weight excluding hydrogens is 388 g/mol. The van der Waals surface area contributed by atoms with E-state index >= 15 is 0 Å². The predicted molar refractivity (Wildman–Crippen MR) is 89.4 cm³/mol. The maximum Gasteiger partial charge on any atom is 0.306 e. The second kappa shape index (κ2) is 7.23. The van der Waals surface area contributed by atoms with E-state index in [2.05, 4.69) is 5.32 Å². The molecule has 0 radical (unpaired) electrons. The molecule has 0 atom stereocenters. The van der Waals surface area contributed by atoms with E-state index < -0.39 is 64.4 Å². The van der Waals surface area contributed by atoms with Crippen LogP contribution in [0.5, 0.6) is 0 Å². The van der Waals surface area contributed by atoms with Crippen LogP contribution in [-0.4, -0.2) is 24.6 Å². The molecule has 0 aromatic heterocycles. The molecule has 144 valence electrons. The van der Waals surface area contributed by atoms with Crippen LogP contribution in [0.15, 0.2) is 30.3 Å². The van der Waals surface area contributed by atoms with Gasteiger partial charge in [0.1, 0.15) is 0 Å². The first-order valence-corrected chi connectivity index (χ1v) is 6.83. The molecule has 2 rings (SSSR count). The SMILES string of the molecule is O=[N+]([O-])c1cc(Nc2c([N+](=O)[O-])cc([N+](=O)[O-])cc2[N+](=O)[O-])cc([N+](=O)[O-])c1. The Labute approximate surface area is 151 Å². The number of non-ortho nitro benzene ring substituents is 3. The van der Waals surface area contributed by atoms with E-state index in [1.807, 2.05) is 0 Å². The second-order valence-corrected chi connectivity index (χ2v) is 5.01. The van der Waals surface area contributed by atoms with Gasteiger partial charge in [-0.1, -0.05) is 0 Å². The van der Waals surface area contributed by atoms with Crippen molar-refractivity contribution in [2.75, 3.05) is 5.32 Å². The number of nitrogens with zero attached hydrogens (tertiary/aromatic N) is 5.